The molecule has 0 fully saturated rings. The molecule has 158 valence electrons. The molecular formula is C19H14Cl2N6O3S. The van der Waals surface area contributed by atoms with E-state index in [1.807, 2.05) is 11.4 Å². The number of carbonyl (C=O) groups excluding carboxylic acids is 1. The van der Waals surface area contributed by atoms with Crippen molar-refractivity contribution < 1.29 is 9.72 Å². The highest BCUT2D eigenvalue weighted by Gasteiger charge is 2.14. The molecule has 31 heavy (non-hydrogen) atoms. The van der Waals surface area contributed by atoms with Crippen LogP contribution < -0.4 is 5.32 Å². The van der Waals surface area contributed by atoms with Gasteiger partial charge in [-0.05, 0) is 39.6 Å². The highest BCUT2D eigenvalue weighted by molar-refractivity contribution is 7.12. The third kappa shape index (κ3) is 5.10. The number of amides is 1. The van der Waals surface area contributed by atoms with Gasteiger partial charge in [-0.15, -0.1) is 11.3 Å². The van der Waals surface area contributed by atoms with E-state index in [9.17, 15) is 14.9 Å². The van der Waals surface area contributed by atoms with Crippen molar-refractivity contribution in [2.75, 3.05) is 5.32 Å². The van der Waals surface area contributed by atoms with E-state index in [4.69, 9.17) is 23.2 Å². The molecule has 1 N–H and O–H groups in total. The summed E-state index contributed by atoms with van der Waals surface area (Å²) in [5, 5.41) is 24.4. The Morgan fingerprint density at radius 1 is 1.13 bits per heavy atom. The van der Waals surface area contributed by atoms with Gasteiger partial charge in [0.05, 0.1) is 57.3 Å². The highest BCUT2D eigenvalue weighted by Crippen LogP contribution is 2.23. The number of nitro groups is 1. The molecule has 0 saturated heterocycles. The predicted molar refractivity (Wildman–Crippen MR) is 118 cm³/mol. The van der Waals surface area contributed by atoms with E-state index >= 15 is 0 Å². The van der Waals surface area contributed by atoms with Gasteiger partial charge < -0.3 is 15.4 Å². The van der Waals surface area contributed by atoms with E-state index in [0.29, 0.717) is 33.7 Å². The molecule has 0 spiro atoms. The molecule has 4 aromatic rings. The molecule has 0 saturated carbocycles. The van der Waals surface area contributed by atoms with Gasteiger partial charge in [-0.1, -0.05) is 29.3 Å². The molecule has 0 aliphatic rings. The molecule has 4 rings (SSSR count). The van der Waals surface area contributed by atoms with Gasteiger partial charge in [-0.3, -0.25) is 9.48 Å². The van der Waals surface area contributed by atoms with Crippen LogP contribution in [-0.2, 0) is 13.1 Å². The highest BCUT2D eigenvalue weighted by atomic mass is 35.5. The first-order valence-corrected chi connectivity index (χ1v) is 10.5. The van der Waals surface area contributed by atoms with Gasteiger partial charge in [-0.25, -0.2) is 0 Å². The maximum Gasteiger partial charge on any atom is 0.389 e. The van der Waals surface area contributed by atoms with Crippen molar-refractivity contribution in [3.05, 3.63) is 90.5 Å². The second-order valence-corrected chi connectivity index (χ2v) is 8.30. The number of nitrogens with zero attached hydrogens (tertiary/aromatic N) is 5. The molecule has 1 aromatic carbocycles. The molecular weight excluding hydrogens is 463 g/mol. The Balaban J connectivity index is 1.37. The Morgan fingerprint density at radius 2 is 1.94 bits per heavy atom. The first-order valence-electron chi connectivity index (χ1n) is 8.90. The minimum Gasteiger partial charge on any atom is -0.358 e. The number of halogens is 2. The molecule has 0 radical (unpaired) electrons. The summed E-state index contributed by atoms with van der Waals surface area (Å²) in [4.78, 5) is 23.2. The van der Waals surface area contributed by atoms with Crippen LogP contribution >= 0.6 is 34.5 Å². The van der Waals surface area contributed by atoms with Gasteiger partial charge in [0.15, 0.2) is 0 Å². The molecule has 0 aliphatic carbocycles. The first kappa shape index (κ1) is 21.0. The molecule has 9 nitrogen and oxygen atoms in total. The summed E-state index contributed by atoms with van der Waals surface area (Å²) in [5.74, 6) is -0.483. The minimum absolute atomic E-state index is 0.217. The van der Waals surface area contributed by atoms with Gasteiger partial charge in [-0.2, -0.15) is 9.78 Å². The number of thiophene rings is 1. The maximum absolute atomic E-state index is 12.5. The normalized spacial score (nSPS) is 10.9. The lowest BCUT2D eigenvalue weighted by Crippen LogP contribution is -2.09. The van der Waals surface area contributed by atoms with Crippen molar-refractivity contribution in [3.63, 3.8) is 0 Å². The SMILES string of the molecule is O=C(Nc1cnn(Cc2ccc(Cl)c(Cl)c2)c1)c1cc(Cn2ccc([N+](=O)[O-])n2)cs1. The summed E-state index contributed by atoms with van der Waals surface area (Å²) < 4.78 is 3.13. The van der Waals surface area contributed by atoms with Crippen LogP contribution in [0.4, 0.5) is 11.5 Å². The smallest absolute Gasteiger partial charge is 0.358 e. The summed E-state index contributed by atoms with van der Waals surface area (Å²) in [7, 11) is 0. The van der Waals surface area contributed by atoms with Crippen LogP contribution in [0, 0.1) is 10.1 Å². The summed E-state index contributed by atoms with van der Waals surface area (Å²) in [5.41, 5.74) is 2.31. The van der Waals surface area contributed by atoms with E-state index in [0.717, 1.165) is 11.1 Å². The monoisotopic (exact) mass is 476 g/mol. The van der Waals surface area contributed by atoms with Crippen molar-refractivity contribution in [1.82, 2.24) is 19.6 Å². The second kappa shape index (κ2) is 8.88. The zero-order valence-electron chi connectivity index (χ0n) is 15.7. The van der Waals surface area contributed by atoms with Gasteiger partial charge in [0, 0.05) is 6.20 Å². The quantitative estimate of drug-likeness (QED) is 0.307. The van der Waals surface area contributed by atoms with Gasteiger partial charge in [0.1, 0.15) is 0 Å². The molecule has 1 amide bonds. The summed E-state index contributed by atoms with van der Waals surface area (Å²) in [6, 6.07) is 8.41. The molecule has 0 unspecified atom stereocenters. The van der Waals surface area contributed by atoms with Crippen molar-refractivity contribution in [1.29, 1.82) is 0 Å². The average molecular weight is 477 g/mol. The number of benzene rings is 1. The van der Waals surface area contributed by atoms with Crippen LogP contribution in [0.25, 0.3) is 0 Å². The number of nitrogens with one attached hydrogen (secondary N) is 1. The number of rotatable bonds is 7. The minimum atomic E-state index is -0.551. The van der Waals surface area contributed by atoms with Crippen LogP contribution in [0.15, 0.2) is 54.3 Å². The molecule has 3 heterocycles. The van der Waals surface area contributed by atoms with E-state index in [1.165, 1.54) is 28.3 Å². The molecule has 3 aromatic heterocycles. The van der Waals surface area contributed by atoms with Crippen molar-refractivity contribution >= 4 is 52.0 Å². The number of carbonyl (C=O) groups is 1. The molecule has 0 atom stereocenters. The molecule has 12 heteroatoms. The number of hydrogen-bond donors (Lipinski definition) is 1. The standard InChI is InChI=1S/C19H14Cl2N6O3S/c20-15-2-1-12(5-16(15)21)8-26-10-14(7-22-26)23-19(28)17-6-13(11-31-17)9-25-4-3-18(24-25)27(29)30/h1-7,10-11H,8-9H2,(H,23,28). The Labute approximate surface area is 190 Å². The fraction of sp³-hybridized carbons (Fsp3) is 0.105. The number of hydrogen-bond acceptors (Lipinski definition) is 6. The lowest BCUT2D eigenvalue weighted by molar-refractivity contribution is -0.389. The Hall–Kier alpha value is -3.21. The summed E-state index contributed by atoms with van der Waals surface area (Å²) in [6.07, 6.45) is 4.81. The summed E-state index contributed by atoms with van der Waals surface area (Å²) in [6.45, 7) is 0.811. The largest absolute Gasteiger partial charge is 0.389 e. The Kier molecular flexibility index (Phi) is 6.03. The molecule has 0 aliphatic heterocycles. The van der Waals surface area contributed by atoms with E-state index in [1.54, 1.807) is 35.3 Å². The topological polar surface area (TPSA) is 108 Å². The van der Waals surface area contributed by atoms with Crippen molar-refractivity contribution in [3.8, 4) is 0 Å². The van der Waals surface area contributed by atoms with Crippen LogP contribution in [0.1, 0.15) is 20.8 Å². The fourth-order valence-corrected chi connectivity index (χ4v) is 3.95. The lowest BCUT2D eigenvalue weighted by atomic mass is 10.2. The fourth-order valence-electron chi connectivity index (χ4n) is 2.83. The zero-order valence-corrected chi connectivity index (χ0v) is 18.1. The third-order valence-electron chi connectivity index (χ3n) is 4.26. The summed E-state index contributed by atoms with van der Waals surface area (Å²) >= 11 is 13.2. The predicted octanol–water partition coefficient (Wildman–Crippen LogP) is 4.71. The number of aromatic nitrogens is 4. The van der Waals surface area contributed by atoms with E-state index < -0.39 is 4.92 Å². The second-order valence-electron chi connectivity index (χ2n) is 6.58. The van der Waals surface area contributed by atoms with Crippen LogP contribution in [-0.4, -0.2) is 30.4 Å². The van der Waals surface area contributed by atoms with Gasteiger partial charge in [0.2, 0.25) is 0 Å². The number of anilines is 1. The van der Waals surface area contributed by atoms with E-state index in [2.05, 4.69) is 15.5 Å². The van der Waals surface area contributed by atoms with Crippen molar-refractivity contribution in [2.45, 2.75) is 13.1 Å². The van der Waals surface area contributed by atoms with Crippen LogP contribution in [0.2, 0.25) is 10.0 Å². The third-order valence-corrected chi connectivity index (χ3v) is 5.97. The van der Waals surface area contributed by atoms with E-state index in [-0.39, 0.29) is 11.7 Å². The van der Waals surface area contributed by atoms with Crippen molar-refractivity contribution in [2.24, 2.45) is 0 Å². The van der Waals surface area contributed by atoms with Gasteiger partial charge in [0.25, 0.3) is 5.91 Å². The van der Waals surface area contributed by atoms with Gasteiger partial charge >= 0.3 is 5.82 Å². The average Bonchev–Trinajstić information content (AvgIpc) is 3.47. The lowest BCUT2D eigenvalue weighted by Gasteiger charge is -2.03. The first-order chi connectivity index (χ1) is 14.9. The maximum atomic E-state index is 12.5. The van der Waals surface area contributed by atoms with Crippen LogP contribution in [0.5, 0.6) is 0 Å². The Bertz CT molecular complexity index is 1270. The zero-order chi connectivity index (χ0) is 22.0. The Morgan fingerprint density at radius 3 is 2.68 bits per heavy atom. The molecule has 0 bridgehead atoms. The van der Waals surface area contributed by atoms with Crippen LogP contribution in [0.3, 0.4) is 0 Å².